The van der Waals surface area contributed by atoms with Crippen LogP contribution in [-0.4, -0.2) is 40.0 Å². The summed E-state index contributed by atoms with van der Waals surface area (Å²) in [5.41, 5.74) is 1.00. The van der Waals surface area contributed by atoms with Crippen LogP contribution in [0, 0.1) is 5.82 Å². The zero-order valence-electron chi connectivity index (χ0n) is 12.7. The van der Waals surface area contributed by atoms with E-state index in [0.29, 0.717) is 13.0 Å². The quantitative estimate of drug-likeness (QED) is 0.868. The van der Waals surface area contributed by atoms with Gasteiger partial charge in [-0.25, -0.2) is 14.4 Å². The highest BCUT2D eigenvalue weighted by atomic mass is 19.1. The Labute approximate surface area is 134 Å². The van der Waals surface area contributed by atoms with Gasteiger partial charge in [0, 0.05) is 6.54 Å². The van der Waals surface area contributed by atoms with Crippen molar-refractivity contribution in [1.29, 1.82) is 0 Å². The molecule has 1 aromatic carbocycles. The third-order valence-corrected chi connectivity index (χ3v) is 3.80. The largest absolute Gasteiger partial charge is 0.458 e. The van der Waals surface area contributed by atoms with Gasteiger partial charge in [0.15, 0.2) is 5.82 Å². The number of hydrogen-bond acceptors (Lipinski definition) is 4. The van der Waals surface area contributed by atoms with Crippen LogP contribution >= 0.6 is 0 Å². The highest BCUT2D eigenvalue weighted by Crippen LogP contribution is 2.16. The normalized spacial score (nSPS) is 17.8. The lowest BCUT2D eigenvalue weighted by Gasteiger charge is -2.32. The van der Waals surface area contributed by atoms with Crippen LogP contribution in [-0.2, 0) is 11.2 Å². The summed E-state index contributed by atoms with van der Waals surface area (Å²) in [6, 6.07) is 9.83. The van der Waals surface area contributed by atoms with Crippen LogP contribution in [0.25, 0.3) is 0 Å². The number of benzene rings is 1. The number of rotatable bonds is 4. The maximum absolute atomic E-state index is 12.8. The summed E-state index contributed by atoms with van der Waals surface area (Å²) < 4.78 is 18.5. The summed E-state index contributed by atoms with van der Waals surface area (Å²) in [5, 5.41) is 0. The topological polar surface area (TPSA) is 55.3 Å². The molecule has 0 saturated carbocycles. The fraction of sp³-hybridized carbons (Fsp3) is 0.353. The highest BCUT2D eigenvalue weighted by molar-refractivity contribution is 5.78. The molecule has 5 nitrogen and oxygen atoms in total. The number of nitrogens with zero attached hydrogens (tertiary/aromatic N) is 3. The Hall–Kier alpha value is -2.50. The number of halogens is 1. The highest BCUT2D eigenvalue weighted by Gasteiger charge is 2.25. The van der Waals surface area contributed by atoms with E-state index in [2.05, 4.69) is 9.97 Å². The fourth-order valence-corrected chi connectivity index (χ4v) is 2.65. The van der Waals surface area contributed by atoms with E-state index in [1.165, 1.54) is 0 Å². The number of piperidine rings is 1. The van der Waals surface area contributed by atoms with Crippen molar-refractivity contribution in [1.82, 2.24) is 14.9 Å². The molecule has 1 saturated heterocycles. The summed E-state index contributed by atoms with van der Waals surface area (Å²) >= 11 is 0. The molecule has 23 heavy (non-hydrogen) atoms. The molecule has 0 bridgehead atoms. The number of aromatic nitrogens is 2. The molecule has 1 amide bonds. The molecule has 1 aliphatic rings. The second kappa shape index (κ2) is 7.17. The molecule has 0 radical (unpaired) electrons. The summed E-state index contributed by atoms with van der Waals surface area (Å²) in [6.07, 6.45) is 4.07. The molecule has 6 heteroatoms. The lowest BCUT2D eigenvalue weighted by atomic mass is 10.1. The summed E-state index contributed by atoms with van der Waals surface area (Å²) in [5.74, 6) is -0.412. The van der Waals surface area contributed by atoms with Crippen LogP contribution in [0.2, 0.25) is 0 Å². The summed E-state index contributed by atoms with van der Waals surface area (Å²) in [6.45, 7) is 1.24. The van der Waals surface area contributed by atoms with Gasteiger partial charge in [0.25, 0.3) is 0 Å². The van der Waals surface area contributed by atoms with Gasteiger partial charge >= 0.3 is 6.01 Å². The van der Waals surface area contributed by atoms with Gasteiger partial charge in [0.05, 0.1) is 25.4 Å². The van der Waals surface area contributed by atoms with Crippen LogP contribution in [0.3, 0.4) is 0 Å². The van der Waals surface area contributed by atoms with Gasteiger partial charge in [0.1, 0.15) is 6.10 Å². The number of carbonyl (C=O) groups excluding carboxylic acids is 1. The van der Waals surface area contributed by atoms with Gasteiger partial charge in [-0.1, -0.05) is 30.3 Å². The maximum atomic E-state index is 12.8. The molecule has 1 aliphatic heterocycles. The summed E-state index contributed by atoms with van der Waals surface area (Å²) in [4.78, 5) is 21.8. The molecule has 0 aliphatic carbocycles. The number of amides is 1. The van der Waals surface area contributed by atoms with Gasteiger partial charge in [-0.2, -0.15) is 0 Å². The lowest BCUT2D eigenvalue weighted by Crippen LogP contribution is -2.45. The van der Waals surface area contributed by atoms with Gasteiger partial charge in [-0.3, -0.25) is 4.79 Å². The fourth-order valence-electron chi connectivity index (χ4n) is 2.65. The first-order chi connectivity index (χ1) is 11.2. The van der Waals surface area contributed by atoms with E-state index >= 15 is 0 Å². The van der Waals surface area contributed by atoms with Crippen LogP contribution < -0.4 is 4.74 Å². The minimum Gasteiger partial charge on any atom is -0.458 e. The second-order valence-electron chi connectivity index (χ2n) is 5.57. The average molecular weight is 315 g/mol. The second-order valence-corrected chi connectivity index (χ2v) is 5.57. The Balaban J connectivity index is 1.57. The third-order valence-electron chi connectivity index (χ3n) is 3.80. The van der Waals surface area contributed by atoms with Crippen molar-refractivity contribution in [2.24, 2.45) is 0 Å². The van der Waals surface area contributed by atoms with Crippen molar-refractivity contribution in [3.05, 3.63) is 54.1 Å². The Bertz CT molecular complexity index is 649. The van der Waals surface area contributed by atoms with Crippen LogP contribution in [0.4, 0.5) is 4.39 Å². The van der Waals surface area contributed by atoms with E-state index < -0.39 is 5.82 Å². The number of carbonyl (C=O) groups is 1. The molecular formula is C17H18FN3O2. The Kier molecular flexibility index (Phi) is 4.80. The van der Waals surface area contributed by atoms with Gasteiger partial charge in [-0.15, -0.1) is 0 Å². The number of likely N-dealkylation sites (tertiary alicyclic amines) is 1. The molecule has 1 unspecified atom stereocenters. The van der Waals surface area contributed by atoms with E-state index in [1.54, 1.807) is 0 Å². The number of hydrogen-bond donors (Lipinski definition) is 0. The smallest absolute Gasteiger partial charge is 0.316 e. The SMILES string of the molecule is O=C(Cc1ccccc1)N1CCCC(Oc2ncc(F)cn2)C1. The monoisotopic (exact) mass is 315 g/mol. The Morgan fingerprint density at radius 1 is 1.26 bits per heavy atom. The first-order valence-electron chi connectivity index (χ1n) is 7.66. The van der Waals surface area contributed by atoms with Crippen LogP contribution in [0.5, 0.6) is 6.01 Å². The molecule has 1 atom stereocenters. The molecule has 3 rings (SSSR count). The first-order valence-corrected chi connectivity index (χ1v) is 7.66. The molecule has 0 spiro atoms. The molecule has 2 aromatic rings. The van der Waals surface area contributed by atoms with Crippen molar-refractivity contribution >= 4 is 5.91 Å². The van der Waals surface area contributed by atoms with Gasteiger partial charge in [0.2, 0.25) is 5.91 Å². The Morgan fingerprint density at radius 3 is 2.74 bits per heavy atom. The molecular weight excluding hydrogens is 297 g/mol. The van der Waals surface area contributed by atoms with Crippen molar-refractivity contribution in [3.63, 3.8) is 0 Å². The minimum absolute atomic E-state index is 0.0875. The van der Waals surface area contributed by atoms with Crippen LogP contribution in [0.15, 0.2) is 42.7 Å². The third kappa shape index (κ3) is 4.25. The van der Waals surface area contributed by atoms with E-state index in [4.69, 9.17) is 4.74 Å². The average Bonchev–Trinajstić information content (AvgIpc) is 2.58. The van der Waals surface area contributed by atoms with E-state index in [9.17, 15) is 9.18 Å². The van der Waals surface area contributed by atoms with Crippen molar-refractivity contribution in [2.45, 2.75) is 25.4 Å². The zero-order chi connectivity index (χ0) is 16.1. The predicted octanol–water partition coefficient (Wildman–Crippen LogP) is 2.23. The summed E-state index contributed by atoms with van der Waals surface area (Å²) in [7, 11) is 0. The maximum Gasteiger partial charge on any atom is 0.316 e. The van der Waals surface area contributed by atoms with Gasteiger partial charge in [-0.05, 0) is 18.4 Å². The first kappa shape index (κ1) is 15.4. The number of ether oxygens (including phenoxy) is 1. The molecule has 1 aromatic heterocycles. The van der Waals surface area contributed by atoms with Gasteiger partial charge < -0.3 is 9.64 Å². The zero-order valence-corrected chi connectivity index (χ0v) is 12.7. The minimum atomic E-state index is -0.499. The molecule has 120 valence electrons. The standard InChI is InChI=1S/C17H18FN3O2/c18-14-10-19-17(20-11-14)23-15-7-4-8-21(12-15)16(22)9-13-5-2-1-3-6-13/h1-3,5-6,10-11,15H,4,7-9,12H2. The van der Waals surface area contributed by atoms with E-state index in [-0.39, 0.29) is 18.0 Å². The van der Waals surface area contributed by atoms with Crippen molar-refractivity contribution in [2.75, 3.05) is 13.1 Å². The van der Waals surface area contributed by atoms with E-state index in [0.717, 1.165) is 37.3 Å². The Morgan fingerprint density at radius 2 is 2.00 bits per heavy atom. The van der Waals surface area contributed by atoms with Crippen LogP contribution in [0.1, 0.15) is 18.4 Å². The van der Waals surface area contributed by atoms with E-state index in [1.807, 2.05) is 35.2 Å². The molecule has 0 N–H and O–H groups in total. The van der Waals surface area contributed by atoms with Crippen molar-refractivity contribution < 1.29 is 13.9 Å². The molecule has 1 fully saturated rings. The molecule has 2 heterocycles. The predicted molar refractivity (Wildman–Crippen MR) is 82.4 cm³/mol. The lowest BCUT2D eigenvalue weighted by molar-refractivity contribution is -0.133. The van der Waals surface area contributed by atoms with Crippen molar-refractivity contribution in [3.8, 4) is 6.01 Å².